The molecular formula is C11H15NO5. The fraction of sp³-hybridized carbons (Fsp3) is 0.364. The van der Waals surface area contributed by atoms with Crippen molar-refractivity contribution in [3.05, 3.63) is 24.3 Å². The number of ether oxygens (including phenoxy) is 2. The first-order chi connectivity index (χ1) is 7.97. The second kappa shape index (κ2) is 8.09. The lowest BCUT2D eigenvalue weighted by Gasteiger charge is -2.04. The SMILES string of the molecule is C=C(C)C(=O)OCCNC(=O)/C=C/C(=O)OC. The number of esters is 2. The van der Waals surface area contributed by atoms with Crippen molar-refractivity contribution in [2.45, 2.75) is 6.92 Å². The molecule has 0 fully saturated rings. The fourth-order valence-corrected chi connectivity index (χ4v) is 0.712. The van der Waals surface area contributed by atoms with Crippen LogP contribution in [0.15, 0.2) is 24.3 Å². The number of nitrogens with one attached hydrogen (secondary N) is 1. The van der Waals surface area contributed by atoms with Crippen molar-refractivity contribution in [3.8, 4) is 0 Å². The predicted octanol–water partition coefficient (Wildman–Crippen LogP) is -0.0489. The molecule has 6 heteroatoms. The van der Waals surface area contributed by atoms with Crippen LogP contribution in [0.1, 0.15) is 6.92 Å². The normalized spacial score (nSPS) is 9.76. The van der Waals surface area contributed by atoms with Crippen LogP contribution in [0.5, 0.6) is 0 Å². The first-order valence-corrected chi connectivity index (χ1v) is 4.84. The molecule has 0 unspecified atom stereocenters. The number of hydrogen-bond donors (Lipinski definition) is 1. The summed E-state index contributed by atoms with van der Waals surface area (Å²) in [6, 6.07) is 0. The number of carbonyl (C=O) groups is 3. The third-order valence-corrected chi connectivity index (χ3v) is 1.55. The molecule has 0 atom stereocenters. The molecule has 0 radical (unpaired) electrons. The van der Waals surface area contributed by atoms with Crippen LogP contribution >= 0.6 is 0 Å². The Morgan fingerprint density at radius 1 is 1.29 bits per heavy atom. The number of hydrogen-bond acceptors (Lipinski definition) is 5. The minimum Gasteiger partial charge on any atom is -0.466 e. The molecule has 17 heavy (non-hydrogen) atoms. The van der Waals surface area contributed by atoms with Crippen LogP contribution in [0.25, 0.3) is 0 Å². The molecule has 1 amide bonds. The van der Waals surface area contributed by atoms with E-state index in [4.69, 9.17) is 4.74 Å². The van der Waals surface area contributed by atoms with E-state index in [0.717, 1.165) is 12.2 Å². The molecule has 1 N–H and O–H groups in total. The van der Waals surface area contributed by atoms with Crippen LogP contribution in [-0.2, 0) is 23.9 Å². The van der Waals surface area contributed by atoms with E-state index in [1.807, 2.05) is 0 Å². The molecule has 0 aromatic carbocycles. The zero-order chi connectivity index (χ0) is 13.3. The zero-order valence-corrected chi connectivity index (χ0v) is 9.82. The lowest BCUT2D eigenvalue weighted by atomic mass is 10.4. The van der Waals surface area contributed by atoms with Crippen LogP contribution in [0.2, 0.25) is 0 Å². The van der Waals surface area contributed by atoms with Gasteiger partial charge in [-0.15, -0.1) is 0 Å². The molecule has 0 saturated carbocycles. The molecule has 94 valence electrons. The van der Waals surface area contributed by atoms with E-state index in [1.54, 1.807) is 0 Å². The average Bonchev–Trinajstić information content (AvgIpc) is 2.30. The van der Waals surface area contributed by atoms with Gasteiger partial charge < -0.3 is 14.8 Å². The van der Waals surface area contributed by atoms with Crippen LogP contribution in [-0.4, -0.2) is 38.1 Å². The van der Waals surface area contributed by atoms with Crippen LogP contribution in [0.4, 0.5) is 0 Å². The summed E-state index contributed by atoms with van der Waals surface area (Å²) >= 11 is 0. The molecule has 0 heterocycles. The summed E-state index contributed by atoms with van der Waals surface area (Å²) in [5.74, 6) is -1.60. The van der Waals surface area contributed by atoms with Gasteiger partial charge in [0.1, 0.15) is 6.61 Å². The van der Waals surface area contributed by atoms with E-state index in [0.29, 0.717) is 5.57 Å². The first-order valence-electron chi connectivity index (χ1n) is 4.84. The molecular weight excluding hydrogens is 226 g/mol. The van der Waals surface area contributed by atoms with Gasteiger partial charge in [0.2, 0.25) is 5.91 Å². The fourth-order valence-electron chi connectivity index (χ4n) is 0.712. The quantitative estimate of drug-likeness (QED) is 0.400. The highest BCUT2D eigenvalue weighted by Crippen LogP contribution is 1.90. The largest absolute Gasteiger partial charge is 0.466 e. The van der Waals surface area contributed by atoms with Crippen molar-refractivity contribution < 1.29 is 23.9 Å². The minimum absolute atomic E-state index is 0.0451. The van der Waals surface area contributed by atoms with Gasteiger partial charge in [0.25, 0.3) is 0 Å². The van der Waals surface area contributed by atoms with Crippen LogP contribution in [0.3, 0.4) is 0 Å². The number of rotatable bonds is 6. The Labute approximate surface area is 99.3 Å². The molecule has 0 aliphatic heterocycles. The summed E-state index contributed by atoms with van der Waals surface area (Å²) in [6.07, 6.45) is 2.03. The Kier molecular flexibility index (Phi) is 7.09. The van der Waals surface area contributed by atoms with Crippen LogP contribution < -0.4 is 5.32 Å². The lowest BCUT2D eigenvalue weighted by Crippen LogP contribution is -2.26. The Bertz CT molecular complexity index is 346. The topological polar surface area (TPSA) is 81.7 Å². The zero-order valence-electron chi connectivity index (χ0n) is 9.82. The van der Waals surface area contributed by atoms with E-state index in [-0.39, 0.29) is 13.2 Å². The molecule has 0 rings (SSSR count). The Morgan fingerprint density at radius 3 is 2.47 bits per heavy atom. The van der Waals surface area contributed by atoms with Gasteiger partial charge in [-0.05, 0) is 6.92 Å². The van der Waals surface area contributed by atoms with Crippen molar-refractivity contribution in [1.82, 2.24) is 5.32 Å². The van der Waals surface area contributed by atoms with E-state index in [2.05, 4.69) is 16.6 Å². The summed E-state index contributed by atoms with van der Waals surface area (Å²) in [4.78, 5) is 32.7. The molecule has 0 aliphatic carbocycles. The van der Waals surface area contributed by atoms with Gasteiger partial charge in [0, 0.05) is 17.7 Å². The highest BCUT2D eigenvalue weighted by atomic mass is 16.5. The maximum atomic E-state index is 11.1. The minimum atomic E-state index is -0.617. The van der Waals surface area contributed by atoms with E-state index < -0.39 is 17.8 Å². The van der Waals surface area contributed by atoms with Gasteiger partial charge in [-0.2, -0.15) is 0 Å². The Morgan fingerprint density at radius 2 is 1.94 bits per heavy atom. The molecule has 0 aliphatic rings. The third kappa shape index (κ3) is 7.78. The first kappa shape index (κ1) is 14.9. The smallest absolute Gasteiger partial charge is 0.333 e. The molecule has 0 aromatic rings. The molecule has 0 aromatic heterocycles. The predicted molar refractivity (Wildman–Crippen MR) is 59.9 cm³/mol. The van der Waals surface area contributed by atoms with Crippen molar-refractivity contribution in [2.24, 2.45) is 0 Å². The maximum absolute atomic E-state index is 11.1. The second-order valence-corrected chi connectivity index (χ2v) is 3.06. The van der Waals surface area contributed by atoms with Crippen molar-refractivity contribution in [1.29, 1.82) is 0 Å². The molecule has 6 nitrogen and oxygen atoms in total. The second-order valence-electron chi connectivity index (χ2n) is 3.06. The summed E-state index contributed by atoms with van der Waals surface area (Å²) < 4.78 is 9.03. The van der Waals surface area contributed by atoms with Gasteiger partial charge in [-0.3, -0.25) is 4.79 Å². The lowest BCUT2D eigenvalue weighted by molar-refractivity contribution is -0.139. The standard InChI is InChI=1S/C11H15NO5/c1-8(2)11(15)17-7-6-12-9(13)4-5-10(14)16-3/h4-5H,1,6-7H2,2-3H3,(H,12,13)/b5-4+. The van der Waals surface area contributed by atoms with Gasteiger partial charge in [0.15, 0.2) is 0 Å². The maximum Gasteiger partial charge on any atom is 0.333 e. The van der Waals surface area contributed by atoms with Crippen molar-refractivity contribution in [3.63, 3.8) is 0 Å². The van der Waals surface area contributed by atoms with E-state index >= 15 is 0 Å². The van der Waals surface area contributed by atoms with Gasteiger partial charge in [-0.25, -0.2) is 9.59 Å². The highest BCUT2D eigenvalue weighted by molar-refractivity contribution is 5.94. The van der Waals surface area contributed by atoms with Gasteiger partial charge in [0.05, 0.1) is 13.7 Å². The average molecular weight is 241 g/mol. The monoisotopic (exact) mass is 241 g/mol. The number of carbonyl (C=O) groups excluding carboxylic acids is 3. The summed E-state index contributed by atoms with van der Waals surface area (Å²) in [7, 11) is 1.21. The molecule has 0 spiro atoms. The van der Waals surface area contributed by atoms with Gasteiger partial charge >= 0.3 is 11.9 Å². The Balaban J connectivity index is 3.72. The third-order valence-electron chi connectivity index (χ3n) is 1.55. The highest BCUT2D eigenvalue weighted by Gasteiger charge is 2.02. The van der Waals surface area contributed by atoms with E-state index in [1.165, 1.54) is 14.0 Å². The summed E-state index contributed by atoms with van der Waals surface area (Å²) in [5, 5.41) is 2.42. The molecule has 0 bridgehead atoms. The summed E-state index contributed by atoms with van der Waals surface area (Å²) in [5.41, 5.74) is 0.293. The Hall–Kier alpha value is -2.11. The van der Waals surface area contributed by atoms with Crippen molar-refractivity contribution in [2.75, 3.05) is 20.3 Å². The summed E-state index contributed by atoms with van der Waals surface area (Å²) in [6.45, 7) is 5.13. The number of methoxy groups -OCH3 is 1. The van der Waals surface area contributed by atoms with Crippen LogP contribution in [0, 0.1) is 0 Å². The number of amides is 1. The van der Waals surface area contributed by atoms with Crippen molar-refractivity contribution >= 4 is 17.8 Å². The van der Waals surface area contributed by atoms with E-state index in [9.17, 15) is 14.4 Å². The molecule has 0 saturated heterocycles. The van der Waals surface area contributed by atoms with Gasteiger partial charge in [-0.1, -0.05) is 6.58 Å².